The molecule has 0 saturated carbocycles. The van der Waals surface area contributed by atoms with Gasteiger partial charge in [0.25, 0.3) is 0 Å². The van der Waals surface area contributed by atoms with Gasteiger partial charge >= 0.3 is 0 Å². The maximum atomic E-state index is 13.1. The number of methoxy groups -OCH3 is 1. The topological polar surface area (TPSA) is 60.3 Å². The summed E-state index contributed by atoms with van der Waals surface area (Å²) in [6, 6.07) is 24.8. The monoisotopic (exact) mass is 478 g/mol. The molecule has 0 radical (unpaired) electrons. The Morgan fingerprint density at radius 3 is 2.30 bits per heavy atom. The second-order valence-electron chi connectivity index (χ2n) is 7.46. The van der Waals surface area contributed by atoms with E-state index in [1.807, 2.05) is 83.4 Å². The fourth-order valence-corrected chi connectivity index (χ4v) is 4.73. The average Bonchev–Trinajstić information content (AvgIpc) is 3.26. The number of para-hydroxylation sites is 1. The Labute approximate surface area is 202 Å². The second kappa shape index (κ2) is 10.1. The lowest BCUT2D eigenvalue weighted by Crippen LogP contribution is -2.27. The number of nitrogens with zero attached hydrogens (tertiary/aromatic N) is 4. The molecule has 6 nitrogen and oxygen atoms in total. The van der Waals surface area contributed by atoms with E-state index in [2.05, 4.69) is 10.2 Å². The van der Waals surface area contributed by atoms with Gasteiger partial charge in [0.05, 0.1) is 12.7 Å². The highest BCUT2D eigenvalue weighted by atomic mass is 35.5. The first-order chi connectivity index (χ1) is 16.0. The minimum Gasteiger partial charge on any atom is -0.496 e. The minimum atomic E-state index is -0.484. The largest absolute Gasteiger partial charge is 0.496 e. The van der Waals surface area contributed by atoms with E-state index in [0.29, 0.717) is 21.8 Å². The lowest BCUT2D eigenvalue weighted by Gasteiger charge is -2.21. The Bertz CT molecular complexity index is 1240. The predicted octanol–water partition coefficient (Wildman–Crippen LogP) is 5.52. The number of likely N-dealkylation sites (N-methyl/N-ethyl adjacent to an activating group) is 1. The number of benzene rings is 3. The Morgan fingerprint density at radius 1 is 0.970 bits per heavy atom. The smallest absolute Gasteiger partial charge is 0.240 e. The van der Waals surface area contributed by atoms with Crippen LogP contribution in [-0.2, 0) is 4.79 Å². The van der Waals surface area contributed by atoms with Crippen LogP contribution in [0.1, 0.15) is 10.8 Å². The Hall–Kier alpha value is -3.29. The zero-order valence-corrected chi connectivity index (χ0v) is 20.0. The van der Waals surface area contributed by atoms with Crippen LogP contribution in [0, 0.1) is 0 Å². The molecule has 1 heterocycles. The molecule has 8 heteroatoms. The summed E-state index contributed by atoms with van der Waals surface area (Å²) in [5.74, 6) is 1.26. The summed E-state index contributed by atoms with van der Waals surface area (Å²) < 4.78 is 7.50. The molecule has 1 amide bonds. The molecule has 1 aromatic heterocycles. The molecule has 0 unspecified atom stereocenters. The average molecular weight is 479 g/mol. The Morgan fingerprint density at radius 2 is 1.64 bits per heavy atom. The SMILES string of the molecule is COc1ccccc1-c1nnc(S[C@@H](C(=O)N(C)C)c2ccccc2)n1-c1ccc(Cl)cc1. The molecule has 4 aromatic rings. The Balaban J connectivity index is 1.87. The standard InChI is InChI=1S/C25H23ClN4O2S/c1-29(2)24(31)22(17-9-5-4-6-10-17)33-25-28-27-23(20-11-7-8-12-21(20)32-3)30(25)19-15-13-18(26)14-16-19/h4-16,22H,1-3H3/t22-/m1/s1. The van der Waals surface area contributed by atoms with Crippen LogP contribution in [0.25, 0.3) is 17.1 Å². The third-order valence-electron chi connectivity index (χ3n) is 5.06. The van der Waals surface area contributed by atoms with Gasteiger partial charge in [-0.3, -0.25) is 9.36 Å². The molecule has 0 aliphatic heterocycles. The van der Waals surface area contributed by atoms with Gasteiger partial charge in [-0.2, -0.15) is 0 Å². The van der Waals surface area contributed by atoms with Crippen molar-refractivity contribution >= 4 is 29.3 Å². The van der Waals surface area contributed by atoms with Crippen molar-refractivity contribution in [2.24, 2.45) is 0 Å². The van der Waals surface area contributed by atoms with Crippen molar-refractivity contribution < 1.29 is 9.53 Å². The lowest BCUT2D eigenvalue weighted by atomic mass is 10.1. The molecule has 0 N–H and O–H groups in total. The van der Waals surface area contributed by atoms with Crippen molar-refractivity contribution in [3.63, 3.8) is 0 Å². The number of amides is 1. The molecule has 0 aliphatic carbocycles. The second-order valence-corrected chi connectivity index (χ2v) is 8.97. The first-order valence-corrected chi connectivity index (χ1v) is 11.5. The van der Waals surface area contributed by atoms with Gasteiger partial charge < -0.3 is 9.64 Å². The van der Waals surface area contributed by atoms with Crippen molar-refractivity contribution in [2.45, 2.75) is 10.4 Å². The summed E-state index contributed by atoms with van der Waals surface area (Å²) in [6.07, 6.45) is 0. The summed E-state index contributed by atoms with van der Waals surface area (Å²) >= 11 is 7.50. The zero-order valence-electron chi connectivity index (χ0n) is 18.5. The van der Waals surface area contributed by atoms with E-state index in [1.54, 1.807) is 26.1 Å². The molecule has 33 heavy (non-hydrogen) atoms. The van der Waals surface area contributed by atoms with E-state index in [0.717, 1.165) is 16.8 Å². The number of aromatic nitrogens is 3. The number of halogens is 1. The van der Waals surface area contributed by atoms with Crippen LogP contribution < -0.4 is 4.74 Å². The molecular weight excluding hydrogens is 456 g/mol. The number of thioether (sulfide) groups is 1. The van der Waals surface area contributed by atoms with Crippen molar-refractivity contribution in [2.75, 3.05) is 21.2 Å². The van der Waals surface area contributed by atoms with E-state index in [4.69, 9.17) is 16.3 Å². The third-order valence-corrected chi connectivity index (χ3v) is 6.49. The summed E-state index contributed by atoms with van der Waals surface area (Å²) in [5.41, 5.74) is 2.52. The van der Waals surface area contributed by atoms with Crippen molar-refractivity contribution in [3.8, 4) is 22.8 Å². The number of rotatable bonds is 7. The third kappa shape index (κ3) is 4.89. The fraction of sp³-hybridized carbons (Fsp3) is 0.160. The van der Waals surface area contributed by atoms with E-state index < -0.39 is 5.25 Å². The van der Waals surface area contributed by atoms with Gasteiger partial charge in [-0.25, -0.2) is 0 Å². The summed E-state index contributed by atoms with van der Waals surface area (Å²) in [4.78, 5) is 14.7. The molecule has 0 aliphatic rings. The van der Waals surface area contributed by atoms with Crippen LogP contribution in [0.2, 0.25) is 5.02 Å². The molecule has 4 rings (SSSR count). The number of hydrogen-bond acceptors (Lipinski definition) is 5. The maximum absolute atomic E-state index is 13.1. The van der Waals surface area contributed by atoms with Gasteiger partial charge in [-0.15, -0.1) is 10.2 Å². The quantitative estimate of drug-likeness (QED) is 0.327. The van der Waals surface area contributed by atoms with Crippen LogP contribution in [0.4, 0.5) is 0 Å². The fourth-order valence-electron chi connectivity index (χ4n) is 3.40. The zero-order chi connectivity index (χ0) is 23.4. The van der Waals surface area contributed by atoms with Crippen LogP contribution in [-0.4, -0.2) is 46.8 Å². The summed E-state index contributed by atoms with van der Waals surface area (Å²) in [5, 5.41) is 9.72. The first kappa shape index (κ1) is 22.9. The van der Waals surface area contributed by atoms with Crippen molar-refractivity contribution in [3.05, 3.63) is 89.4 Å². The number of hydrogen-bond donors (Lipinski definition) is 0. The molecule has 3 aromatic carbocycles. The molecule has 0 bridgehead atoms. The predicted molar refractivity (Wildman–Crippen MR) is 132 cm³/mol. The normalized spacial score (nSPS) is 11.8. The highest BCUT2D eigenvalue weighted by Crippen LogP contribution is 2.39. The summed E-state index contributed by atoms with van der Waals surface area (Å²) in [7, 11) is 5.13. The van der Waals surface area contributed by atoms with Crippen molar-refractivity contribution in [1.82, 2.24) is 19.7 Å². The molecule has 1 atom stereocenters. The summed E-state index contributed by atoms with van der Waals surface area (Å²) in [6.45, 7) is 0. The number of carbonyl (C=O) groups excluding carboxylic acids is 1. The van der Waals surface area contributed by atoms with Gasteiger partial charge in [-0.05, 0) is 42.0 Å². The van der Waals surface area contributed by atoms with E-state index >= 15 is 0 Å². The van der Waals surface area contributed by atoms with Crippen LogP contribution in [0.15, 0.2) is 84.0 Å². The highest BCUT2D eigenvalue weighted by Gasteiger charge is 2.28. The van der Waals surface area contributed by atoms with Crippen LogP contribution in [0.5, 0.6) is 5.75 Å². The van der Waals surface area contributed by atoms with E-state index in [1.165, 1.54) is 11.8 Å². The van der Waals surface area contributed by atoms with Crippen LogP contribution >= 0.6 is 23.4 Å². The molecule has 0 spiro atoms. The van der Waals surface area contributed by atoms with Gasteiger partial charge in [0.1, 0.15) is 11.0 Å². The maximum Gasteiger partial charge on any atom is 0.240 e. The van der Waals surface area contributed by atoms with E-state index in [-0.39, 0.29) is 5.91 Å². The number of carbonyl (C=O) groups is 1. The Kier molecular flexibility index (Phi) is 7.01. The lowest BCUT2D eigenvalue weighted by molar-refractivity contribution is -0.128. The highest BCUT2D eigenvalue weighted by molar-refractivity contribution is 8.00. The minimum absolute atomic E-state index is 0.0318. The molecule has 0 fully saturated rings. The van der Waals surface area contributed by atoms with Gasteiger partial charge in [0.2, 0.25) is 5.91 Å². The van der Waals surface area contributed by atoms with Gasteiger partial charge in [0.15, 0.2) is 11.0 Å². The molecular formula is C25H23ClN4O2S. The van der Waals surface area contributed by atoms with Crippen LogP contribution in [0.3, 0.4) is 0 Å². The first-order valence-electron chi connectivity index (χ1n) is 10.3. The van der Waals surface area contributed by atoms with Gasteiger partial charge in [-0.1, -0.05) is 65.8 Å². The molecule has 0 saturated heterocycles. The van der Waals surface area contributed by atoms with Gasteiger partial charge in [0, 0.05) is 24.8 Å². The van der Waals surface area contributed by atoms with Crippen molar-refractivity contribution in [1.29, 1.82) is 0 Å². The number of ether oxygens (including phenoxy) is 1. The molecule has 168 valence electrons. The van der Waals surface area contributed by atoms with E-state index in [9.17, 15) is 4.79 Å².